The van der Waals surface area contributed by atoms with Crippen molar-refractivity contribution in [3.63, 3.8) is 0 Å². The molecular formula is C39H78N2. The van der Waals surface area contributed by atoms with Crippen LogP contribution in [0.25, 0.3) is 0 Å². The first-order chi connectivity index (χ1) is 20.3. The van der Waals surface area contributed by atoms with Gasteiger partial charge in [-0.2, -0.15) is 0 Å². The first-order valence-corrected chi connectivity index (χ1v) is 19.5. The fourth-order valence-electron chi connectivity index (χ4n) is 6.69. The van der Waals surface area contributed by atoms with Gasteiger partial charge in [0.1, 0.15) is 6.17 Å². The third-order valence-corrected chi connectivity index (χ3v) is 9.57. The van der Waals surface area contributed by atoms with E-state index in [1.54, 1.807) is 0 Å². The molecule has 0 saturated carbocycles. The second-order valence-electron chi connectivity index (χ2n) is 13.6. The van der Waals surface area contributed by atoms with Crippen molar-refractivity contribution in [2.45, 2.75) is 226 Å². The highest BCUT2D eigenvalue weighted by Crippen LogP contribution is 2.24. The molecule has 1 heterocycles. The first-order valence-electron chi connectivity index (χ1n) is 19.5. The Morgan fingerprint density at radius 2 is 0.585 bits per heavy atom. The summed E-state index contributed by atoms with van der Waals surface area (Å²) >= 11 is 0. The third kappa shape index (κ3) is 23.5. The summed E-state index contributed by atoms with van der Waals surface area (Å²) in [4.78, 5) is 5.36. The summed E-state index contributed by atoms with van der Waals surface area (Å²) in [5.74, 6) is 0. The summed E-state index contributed by atoms with van der Waals surface area (Å²) in [6, 6.07) is 0. The average Bonchev–Trinajstić information content (AvgIpc) is 3.37. The van der Waals surface area contributed by atoms with Gasteiger partial charge in [-0.05, 0) is 25.7 Å². The maximum atomic E-state index is 2.69. The molecular weight excluding hydrogens is 496 g/mol. The molecule has 2 nitrogen and oxygen atoms in total. The van der Waals surface area contributed by atoms with Crippen LogP contribution in [-0.2, 0) is 0 Å². The van der Waals surface area contributed by atoms with Crippen LogP contribution in [0.1, 0.15) is 220 Å². The molecule has 0 aliphatic carbocycles. The van der Waals surface area contributed by atoms with Crippen LogP contribution in [0.3, 0.4) is 0 Å². The summed E-state index contributed by atoms with van der Waals surface area (Å²) in [5.41, 5.74) is 0. The van der Waals surface area contributed by atoms with Crippen LogP contribution in [0.2, 0.25) is 0 Å². The van der Waals surface area contributed by atoms with E-state index in [9.17, 15) is 0 Å². The molecule has 244 valence electrons. The van der Waals surface area contributed by atoms with Crippen LogP contribution in [0.15, 0.2) is 12.4 Å². The largest absolute Gasteiger partial charge is 0.356 e. The van der Waals surface area contributed by atoms with E-state index in [-0.39, 0.29) is 0 Å². The molecule has 2 heteroatoms. The predicted molar refractivity (Wildman–Crippen MR) is 186 cm³/mol. The topological polar surface area (TPSA) is 6.48 Å². The summed E-state index contributed by atoms with van der Waals surface area (Å²) in [6.07, 6.45) is 50.0. The zero-order chi connectivity index (χ0) is 29.5. The fraction of sp³-hybridized carbons (Fsp3) is 0.949. The lowest BCUT2D eigenvalue weighted by Crippen LogP contribution is -2.39. The minimum Gasteiger partial charge on any atom is -0.356 e. The van der Waals surface area contributed by atoms with Gasteiger partial charge in [-0.3, -0.25) is 0 Å². The van der Waals surface area contributed by atoms with Gasteiger partial charge >= 0.3 is 0 Å². The summed E-state index contributed by atoms with van der Waals surface area (Å²) in [6.45, 7) is 9.45. The number of rotatable bonds is 33. The molecule has 41 heavy (non-hydrogen) atoms. The second kappa shape index (κ2) is 30.8. The van der Waals surface area contributed by atoms with Crippen molar-refractivity contribution in [1.82, 2.24) is 9.80 Å². The van der Waals surface area contributed by atoms with E-state index >= 15 is 0 Å². The molecule has 1 aliphatic rings. The molecule has 1 unspecified atom stereocenters. The van der Waals surface area contributed by atoms with Gasteiger partial charge in [-0.15, -0.1) is 0 Å². The molecule has 0 bridgehead atoms. The highest BCUT2D eigenvalue weighted by atomic mass is 15.4. The molecule has 0 radical (unpaired) electrons. The Balaban J connectivity index is 2.03. The van der Waals surface area contributed by atoms with E-state index in [1.165, 1.54) is 212 Å². The number of nitrogens with zero attached hydrogens (tertiary/aromatic N) is 2. The lowest BCUT2D eigenvalue weighted by Gasteiger charge is -2.33. The zero-order valence-corrected chi connectivity index (χ0v) is 29.0. The average molecular weight is 575 g/mol. The van der Waals surface area contributed by atoms with Crippen LogP contribution in [0, 0.1) is 0 Å². The van der Waals surface area contributed by atoms with Crippen molar-refractivity contribution in [2.75, 3.05) is 13.1 Å². The van der Waals surface area contributed by atoms with Crippen molar-refractivity contribution in [3.05, 3.63) is 12.4 Å². The lowest BCUT2D eigenvalue weighted by molar-refractivity contribution is 0.136. The second-order valence-corrected chi connectivity index (χ2v) is 13.6. The van der Waals surface area contributed by atoms with Crippen LogP contribution >= 0.6 is 0 Å². The molecule has 1 atom stereocenters. The molecule has 1 aliphatic heterocycles. The van der Waals surface area contributed by atoms with Gasteiger partial charge in [-0.1, -0.05) is 194 Å². The Bertz CT molecular complexity index is 530. The van der Waals surface area contributed by atoms with Crippen LogP contribution in [0.5, 0.6) is 0 Å². The van der Waals surface area contributed by atoms with E-state index in [0.29, 0.717) is 6.17 Å². The molecule has 0 aromatic rings. The molecule has 0 aromatic carbocycles. The minimum atomic E-state index is 0.640. The zero-order valence-electron chi connectivity index (χ0n) is 29.0. The smallest absolute Gasteiger partial charge is 0.101 e. The highest BCUT2D eigenvalue weighted by Gasteiger charge is 2.24. The Morgan fingerprint density at radius 1 is 0.317 bits per heavy atom. The SMILES string of the molecule is CCCCCCCCCCCCCCCCC1N(CCCC)C=CN1CCCCCCCCCCCCCCCC. The monoisotopic (exact) mass is 575 g/mol. The number of hydrogen-bond acceptors (Lipinski definition) is 2. The predicted octanol–water partition coefficient (Wildman–Crippen LogP) is 13.6. The normalized spacial score (nSPS) is 15.0. The highest BCUT2D eigenvalue weighted by molar-refractivity contribution is 4.96. The van der Waals surface area contributed by atoms with Crippen molar-refractivity contribution >= 4 is 0 Å². The maximum Gasteiger partial charge on any atom is 0.101 e. The van der Waals surface area contributed by atoms with Gasteiger partial charge in [0.05, 0.1) is 0 Å². The molecule has 0 spiro atoms. The lowest BCUT2D eigenvalue weighted by atomic mass is 10.0. The first kappa shape index (κ1) is 38.4. The Hall–Kier alpha value is -0.660. The standard InChI is InChI=1S/C39H78N2/c1-4-7-10-12-14-16-18-20-22-24-26-28-30-32-34-39-40(35-9-6-3)37-38-41(39)36-33-31-29-27-25-23-21-19-17-15-13-11-8-5-2/h37-39H,4-36H2,1-3H3. The molecule has 0 amide bonds. The van der Waals surface area contributed by atoms with Gasteiger partial charge in [-0.25, -0.2) is 0 Å². The van der Waals surface area contributed by atoms with Gasteiger partial charge < -0.3 is 9.80 Å². The van der Waals surface area contributed by atoms with Crippen molar-refractivity contribution in [2.24, 2.45) is 0 Å². The molecule has 1 rings (SSSR count). The van der Waals surface area contributed by atoms with Crippen molar-refractivity contribution in [1.29, 1.82) is 0 Å². The van der Waals surface area contributed by atoms with Gasteiger partial charge in [0.25, 0.3) is 0 Å². The van der Waals surface area contributed by atoms with Crippen LogP contribution < -0.4 is 0 Å². The molecule has 0 N–H and O–H groups in total. The molecule has 0 fully saturated rings. The Kier molecular flexibility index (Phi) is 28.8. The van der Waals surface area contributed by atoms with Gasteiger partial charge in [0.2, 0.25) is 0 Å². The van der Waals surface area contributed by atoms with Gasteiger partial charge in [0.15, 0.2) is 0 Å². The Morgan fingerprint density at radius 3 is 0.927 bits per heavy atom. The van der Waals surface area contributed by atoms with E-state index in [2.05, 4.69) is 43.0 Å². The van der Waals surface area contributed by atoms with E-state index in [4.69, 9.17) is 0 Å². The molecule has 0 saturated heterocycles. The quantitative estimate of drug-likeness (QED) is 0.0719. The van der Waals surface area contributed by atoms with E-state index in [1.807, 2.05) is 0 Å². The maximum absolute atomic E-state index is 2.69. The van der Waals surface area contributed by atoms with E-state index in [0.717, 1.165) is 0 Å². The van der Waals surface area contributed by atoms with E-state index < -0.39 is 0 Å². The van der Waals surface area contributed by atoms with Crippen LogP contribution in [-0.4, -0.2) is 29.1 Å². The van der Waals surface area contributed by atoms with Crippen LogP contribution in [0.4, 0.5) is 0 Å². The Labute approximate surface area is 260 Å². The molecule has 0 aromatic heterocycles. The van der Waals surface area contributed by atoms with Gasteiger partial charge in [0, 0.05) is 25.5 Å². The van der Waals surface area contributed by atoms with Crippen molar-refractivity contribution < 1.29 is 0 Å². The third-order valence-electron chi connectivity index (χ3n) is 9.57. The number of hydrogen-bond donors (Lipinski definition) is 0. The summed E-state index contributed by atoms with van der Waals surface area (Å²) < 4.78 is 0. The number of unbranched alkanes of at least 4 members (excludes halogenated alkanes) is 27. The summed E-state index contributed by atoms with van der Waals surface area (Å²) in [5, 5.41) is 0. The fourth-order valence-corrected chi connectivity index (χ4v) is 6.69. The van der Waals surface area contributed by atoms with Crippen molar-refractivity contribution in [3.8, 4) is 0 Å². The summed E-state index contributed by atoms with van der Waals surface area (Å²) in [7, 11) is 0. The minimum absolute atomic E-state index is 0.640.